The summed E-state index contributed by atoms with van der Waals surface area (Å²) in [6, 6.07) is 8.42. The molecule has 0 aromatic heterocycles. The summed E-state index contributed by atoms with van der Waals surface area (Å²) in [5, 5.41) is 7.34. The van der Waals surface area contributed by atoms with Crippen LogP contribution in [0.5, 0.6) is 0 Å². The van der Waals surface area contributed by atoms with Crippen molar-refractivity contribution in [1.29, 1.82) is 0 Å². The average molecular weight is 409 g/mol. The number of hydrogen-bond acceptors (Lipinski definition) is 3. The zero-order valence-corrected chi connectivity index (χ0v) is 16.8. The van der Waals surface area contributed by atoms with E-state index in [0.29, 0.717) is 6.04 Å². The highest BCUT2D eigenvalue weighted by atomic mass is 35.5. The van der Waals surface area contributed by atoms with E-state index < -0.39 is 0 Å². The highest BCUT2D eigenvalue weighted by molar-refractivity contribution is 6.30. The van der Waals surface area contributed by atoms with Crippen LogP contribution in [0.4, 0.5) is 0 Å². The Hall–Kier alpha value is -0.520. The zero-order valence-electron chi connectivity index (χ0n) is 14.4. The van der Waals surface area contributed by atoms with E-state index in [1.807, 2.05) is 12.1 Å². The standard InChI is InChI=1S/C18H26ClN3O.2ClH/c19-15-6-4-14(5-7-15)13-22-11-8-16(9-12-22)21-18(23)17-3-1-2-10-20-17;;/h4-7,16-17,20H,1-3,8-13H2,(H,21,23);2*1H. The van der Waals surface area contributed by atoms with Crippen molar-refractivity contribution in [3.05, 3.63) is 34.9 Å². The lowest BCUT2D eigenvalue weighted by molar-refractivity contribution is -0.124. The third-order valence-electron chi connectivity index (χ3n) is 4.88. The molecule has 1 aromatic rings. The predicted molar refractivity (Wildman–Crippen MR) is 108 cm³/mol. The van der Waals surface area contributed by atoms with E-state index >= 15 is 0 Å². The summed E-state index contributed by atoms with van der Waals surface area (Å²) < 4.78 is 0. The van der Waals surface area contributed by atoms with Crippen LogP contribution in [0.15, 0.2) is 24.3 Å². The van der Waals surface area contributed by atoms with Gasteiger partial charge in [0, 0.05) is 30.7 Å². The molecule has 3 rings (SSSR count). The Bertz CT molecular complexity index is 513. The van der Waals surface area contributed by atoms with Crippen molar-refractivity contribution in [2.24, 2.45) is 0 Å². The maximum Gasteiger partial charge on any atom is 0.237 e. The first-order chi connectivity index (χ1) is 11.2. The van der Waals surface area contributed by atoms with Crippen LogP contribution in [-0.2, 0) is 11.3 Å². The Morgan fingerprint density at radius 2 is 1.80 bits per heavy atom. The summed E-state index contributed by atoms with van der Waals surface area (Å²) >= 11 is 5.93. The lowest BCUT2D eigenvalue weighted by Crippen LogP contribution is -2.52. The van der Waals surface area contributed by atoms with Crippen LogP contribution in [0.3, 0.4) is 0 Å². The minimum absolute atomic E-state index is 0. The van der Waals surface area contributed by atoms with E-state index in [9.17, 15) is 4.79 Å². The molecule has 1 aromatic carbocycles. The molecule has 0 radical (unpaired) electrons. The van der Waals surface area contributed by atoms with Crippen molar-refractivity contribution in [3.8, 4) is 0 Å². The van der Waals surface area contributed by atoms with E-state index in [2.05, 4.69) is 27.7 Å². The van der Waals surface area contributed by atoms with E-state index in [1.165, 1.54) is 12.0 Å². The van der Waals surface area contributed by atoms with Crippen molar-refractivity contribution < 1.29 is 4.79 Å². The summed E-state index contributed by atoms with van der Waals surface area (Å²) in [6.07, 6.45) is 5.39. The van der Waals surface area contributed by atoms with Crippen LogP contribution in [0.1, 0.15) is 37.7 Å². The highest BCUT2D eigenvalue weighted by Gasteiger charge is 2.25. The number of rotatable bonds is 4. The molecule has 25 heavy (non-hydrogen) atoms. The van der Waals surface area contributed by atoms with Gasteiger partial charge in [-0.15, -0.1) is 24.8 Å². The minimum Gasteiger partial charge on any atom is -0.352 e. The Labute approximate surface area is 167 Å². The van der Waals surface area contributed by atoms with Crippen LogP contribution in [0.25, 0.3) is 0 Å². The molecular weight excluding hydrogens is 381 g/mol. The Morgan fingerprint density at radius 1 is 1.12 bits per heavy atom. The fourth-order valence-corrected chi connectivity index (χ4v) is 3.59. The number of piperidine rings is 2. The van der Waals surface area contributed by atoms with Gasteiger partial charge in [0.2, 0.25) is 5.91 Å². The van der Waals surface area contributed by atoms with E-state index in [-0.39, 0.29) is 36.8 Å². The van der Waals surface area contributed by atoms with Gasteiger partial charge in [0.05, 0.1) is 6.04 Å². The number of hydrogen-bond donors (Lipinski definition) is 2. The average Bonchev–Trinajstić information content (AvgIpc) is 2.59. The highest BCUT2D eigenvalue weighted by Crippen LogP contribution is 2.16. The molecule has 0 aliphatic carbocycles. The van der Waals surface area contributed by atoms with Crippen molar-refractivity contribution in [2.75, 3.05) is 19.6 Å². The molecule has 1 amide bonds. The van der Waals surface area contributed by atoms with E-state index in [4.69, 9.17) is 11.6 Å². The molecule has 2 fully saturated rings. The summed E-state index contributed by atoms with van der Waals surface area (Å²) in [4.78, 5) is 14.7. The number of halogens is 3. The molecule has 2 aliphatic rings. The number of amides is 1. The second-order valence-corrected chi connectivity index (χ2v) is 7.12. The molecule has 7 heteroatoms. The first-order valence-corrected chi connectivity index (χ1v) is 9.09. The number of likely N-dealkylation sites (tertiary alicyclic amines) is 1. The second-order valence-electron chi connectivity index (χ2n) is 6.69. The molecule has 2 N–H and O–H groups in total. The summed E-state index contributed by atoms with van der Waals surface area (Å²) in [7, 11) is 0. The zero-order chi connectivity index (χ0) is 16.1. The number of carbonyl (C=O) groups excluding carboxylic acids is 1. The molecule has 1 unspecified atom stereocenters. The van der Waals surface area contributed by atoms with Gasteiger partial charge < -0.3 is 10.6 Å². The molecule has 0 bridgehead atoms. The summed E-state index contributed by atoms with van der Waals surface area (Å²) in [5.41, 5.74) is 1.29. The topological polar surface area (TPSA) is 44.4 Å². The largest absolute Gasteiger partial charge is 0.352 e. The van der Waals surface area contributed by atoms with Crippen molar-refractivity contribution in [3.63, 3.8) is 0 Å². The number of nitrogens with one attached hydrogen (secondary N) is 2. The Morgan fingerprint density at radius 3 is 2.40 bits per heavy atom. The van der Waals surface area contributed by atoms with Gasteiger partial charge in [-0.25, -0.2) is 0 Å². The van der Waals surface area contributed by atoms with Crippen LogP contribution < -0.4 is 10.6 Å². The first kappa shape index (κ1) is 22.5. The molecular formula is C18H28Cl3N3O. The molecule has 2 aliphatic heterocycles. The van der Waals surface area contributed by atoms with Gasteiger partial charge in [-0.1, -0.05) is 30.2 Å². The summed E-state index contributed by atoms with van der Waals surface area (Å²) in [6.45, 7) is 4.00. The summed E-state index contributed by atoms with van der Waals surface area (Å²) in [5.74, 6) is 0.195. The Balaban J connectivity index is 0.00000156. The van der Waals surface area contributed by atoms with Gasteiger partial charge in [-0.3, -0.25) is 9.69 Å². The van der Waals surface area contributed by atoms with Gasteiger partial charge in [-0.2, -0.15) is 0 Å². The molecule has 1 atom stereocenters. The first-order valence-electron chi connectivity index (χ1n) is 8.71. The molecule has 0 saturated carbocycles. The lowest BCUT2D eigenvalue weighted by atomic mass is 10.0. The van der Waals surface area contributed by atoms with Gasteiger partial charge in [0.1, 0.15) is 0 Å². The second kappa shape index (κ2) is 11.2. The van der Waals surface area contributed by atoms with E-state index in [1.54, 1.807) is 0 Å². The van der Waals surface area contributed by atoms with Crippen molar-refractivity contribution in [2.45, 2.75) is 50.7 Å². The maximum absolute atomic E-state index is 12.3. The van der Waals surface area contributed by atoms with Gasteiger partial charge >= 0.3 is 0 Å². The lowest BCUT2D eigenvalue weighted by Gasteiger charge is -2.33. The molecule has 4 nitrogen and oxygen atoms in total. The third kappa shape index (κ3) is 6.95. The van der Waals surface area contributed by atoms with Crippen LogP contribution in [0.2, 0.25) is 5.02 Å². The minimum atomic E-state index is 0. The smallest absolute Gasteiger partial charge is 0.237 e. The van der Waals surface area contributed by atoms with Crippen LogP contribution >= 0.6 is 36.4 Å². The van der Waals surface area contributed by atoms with Gasteiger partial charge in [0.15, 0.2) is 0 Å². The van der Waals surface area contributed by atoms with Crippen LogP contribution in [-0.4, -0.2) is 42.5 Å². The quantitative estimate of drug-likeness (QED) is 0.802. The van der Waals surface area contributed by atoms with Crippen LogP contribution in [0, 0.1) is 0 Å². The third-order valence-corrected chi connectivity index (χ3v) is 5.13. The van der Waals surface area contributed by atoms with Gasteiger partial charge in [-0.05, 0) is 49.9 Å². The monoisotopic (exact) mass is 407 g/mol. The maximum atomic E-state index is 12.3. The fraction of sp³-hybridized carbons (Fsp3) is 0.611. The molecule has 142 valence electrons. The number of carbonyl (C=O) groups is 1. The Kier molecular flexibility index (Phi) is 10.1. The fourth-order valence-electron chi connectivity index (χ4n) is 3.46. The van der Waals surface area contributed by atoms with E-state index in [0.717, 1.165) is 56.9 Å². The molecule has 0 spiro atoms. The SMILES string of the molecule is Cl.Cl.O=C(NC1CCN(Cc2ccc(Cl)cc2)CC1)C1CCCCN1. The number of nitrogens with zero attached hydrogens (tertiary/aromatic N) is 1. The van der Waals surface area contributed by atoms with Crippen molar-refractivity contribution in [1.82, 2.24) is 15.5 Å². The predicted octanol–water partition coefficient (Wildman–Crippen LogP) is 3.41. The van der Waals surface area contributed by atoms with Crippen molar-refractivity contribution >= 4 is 42.3 Å². The molecule has 2 heterocycles. The number of benzene rings is 1. The molecule has 2 saturated heterocycles. The normalized spacial score (nSPS) is 21.7. The van der Waals surface area contributed by atoms with Gasteiger partial charge in [0.25, 0.3) is 0 Å².